The second-order valence-corrected chi connectivity index (χ2v) is 5.87. The predicted octanol–water partition coefficient (Wildman–Crippen LogP) is 2.19. The van der Waals surface area contributed by atoms with Crippen molar-refractivity contribution in [3.05, 3.63) is 22.9 Å². The summed E-state index contributed by atoms with van der Waals surface area (Å²) in [4.78, 5) is 4.62. The van der Waals surface area contributed by atoms with Gasteiger partial charge in [-0.15, -0.1) is 0 Å². The lowest BCUT2D eigenvalue weighted by atomic mass is 9.95. The zero-order valence-electron chi connectivity index (χ0n) is 12.4. The molecule has 21 heavy (non-hydrogen) atoms. The molecular formula is C16H23N3O2. The molecule has 5 nitrogen and oxygen atoms in total. The summed E-state index contributed by atoms with van der Waals surface area (Å²) in [5.41, 5.74) is 8.62. The maximum Gasteiger partial charge on any atom is 0.224 e. The Morgan fingerprint density at radius 2 is 2.19 bits per heavy atom. The molecule has 1 saturated heterocycles. The molecule has 0 radical (unpaired) electrons. The van der Waals surface area contributed by atoms with Gasteiger partial charge in [-0.1, -0.05) is 0 Å². The summed E-state index contributed by atoms with van der Waals surface area (Å²) in [7, 11) is 0. The number of fused-ring (bicyclic) bond motifs is 1. The van der Waals surface area contributed by atoms with Crippen LogP contribution in [0.25, 0.3) is 0 Å². The molecule has 3 rings (SSSR count). The second-order valence-electron chi connectivity index (χ2n) is 5.87. The van der Waals surface area contributed by atoms with E-state index in [2.05, 4.69) is 4.98 Å². The number of rotatable bonds is 4. The van der Waals surface area contributed by atoms with E-state index in [0.717, 1.165) is 38.0 Å². The van der Waals surface area contributed by atoms with Crippen molar-refractivity contribution in [2.75, 3.05) is 13.2 Å². The number of amidine groups is 1. The fourth-order valence-corrected chi connectivity index (χ4v) is 3.03. The van der Waals surface area contributed by atoms with E-state index in [9.17, 15) is 0 Å². The topological polar surface area (TPSA) is 81.2 Å². The molecule has 2 aliphatic rings. The maximum absolute atomic E-state index is 7.74. The van der Waals surface area contributed by atoms with Crippen LogP contribution in [0.15, 0.2) is 6.07 Å². The number of ether oxygens (including phenoxy) is 2. The zero-order valence-corrected chi connectivity index (χ0v) is 12.4. The summed E-state index contributed by atoms with van der Waals surface area (Å²) in [6.07, 6.45) is 7.85. The van der Waals surface area contributed by atoms with Gasteiger partial charge in [0.1, 0.15) is 12.4 Å². The third kappa shape index (κ3) is 3.35. The van der Waals surface area contributed by atoms with E-state index in [1.165, 1.54) is 24.8 Å². The van der Waals surface area contributed by atoms with E-state index in [4.69, 9.17) is 20.6 Å². The first-order valence-corrected chi connectivity index (χ1v) is 7.85. The molecule has 1 aromatic rings. The highest BCUT2D eigenvalue weighted by molar-refractivity contribution is 5.97. The SMILES string of the molecule is N=C(N)c1cc2c(nc1OCC1CCCCO1)CCCC2. The van der Waals surface area contributed by atoms with Crippen molar-refractivity contribution in [1.82, 2.24) is 4.98 Å². The molecule has 5 heteroatoms. The standard InChI is InChI=1S/C16H23N3O2/c17-15(18)13-9-11-5-1-2-7-14(11)19-16(13)21-10-12-6-3-4-8-20-12/h9,12H,1-8,10H2,(H3,17,18). The molecule has 1 aliphatic carbocycles. The van der Waals surface area contributed by atoms with Crippen molar-refractivity contribution in [3.8, 4) is 5.88 Å². The average Bonchev–Trinajstić information content (AvgIpc) is 2.53. The number of aromatic nitrogens is 1. The Labute approximate surface area is 125 Å². The van der Waals surface area contributed by atoms with Gasteiger partial charge in [0.05, 0.1) is 11.7 Å². The van der Waals surface area contributed by atoms with Crippen LogP contribution in [-0.4, -0.2) is 30.1 Å². The molecule has 0 aromatic carbocycles. The van der Waals surface area contributed by atoms with E-state index >= 15 is 0 Å². The van der Waals surface area contributed by atoms with E-state index < -0.39 is 0 Å². The number of nitrogen functional groups attached to an aromatic ring is 1. The van der Waals surface area contributed by atoms with Crippen LogP contribution in [0.2, 0.25) is 0 Å². The number of hydrogen-bond acceptors (Lipinski definition) is 4. The van der Waals surface area contributed by atoms with Gasteiger partial charge in [0.25, 0.3) is 0 Å². The average molecular weight is 289 g/mol. The van der Waals surface area contributed by atoms with Crippen LogP contribution in [0.4, 0.5) is 0 Å². The van der Waals surface area contributed by atoms with Crippen LogP contribution in [0, 0.1) is 5.41 Å². The lowest BCUT2D eigenvalue weighted by molar-refractivity contribution is -0.0120. The van der Waals surface area contributed by atoms with Gasteiger partial charge in [0, 0.05) is 12.3 Å². The first-order valence-electron chi connectivity index (χ1n) is 7.85. The zero-order chi connectivity index (χ0) is 14.7. The van der Waals surface area contributed by atoms with Crippen molar-refractivity contribution in [3.63, 3.8) is 0 Å². The molecule has 3 N–H and O–H groups in total. The number of aryl methyl sites for hydroxylation is 2. The van der Waals surface area contributed by atoms with Crippen molar-refractivity contribution in [2.45, 2.75) is 51.0 Å². The minimum atomic E-state index is 0.0236. The Morgan fingerprint density at radius 1 is 1.33 bits per heavy atom. The summed E-state index contributed by atoms with van der Waals surface area (Å²) in [5, 5.41) is 7.74. The largest absolute Gasteiger partial charge is 0.474 e. The summed E-state index contributed by atoms with van der Waals surface area (Å²) in [5.74, 6) is 0.521. The van der Waals surface area contributed by atoms with Crippen LogP contribution in [0.1, 0.15) is 48.9 Å². The number of pyridine rings is 1. The van der Waals surface area contributed by atoms with Crippen molar-refractivity contribution in [1.29, 1.82) is 5.41 Å². The number of nitrogens with zero attached hydrogens (tertiary/aromatic N) is 1. The Morgan fingerprint density at radius 3 is 2.95 bits per heavy atom. The van der Waals surface area contributed by atoms with E-state index in [0.29, 0.717) is 18.1 Å². The van der Waals surface area contributed by atoms with Gasteiger partial charge in [0.2, 0.25) is 5.88 Å². The summed E-state index contributed by atoms with van der Waals surface area (Å²) < 4.78 is 11.5. The molecule has 1 fully saturated rings. The summed E-state index contributed by atoms with van der Waals surface area (Å²) in [6.45, 7) is 1.30. The Hall–Kier alpha value is -1.62. The Kier molecular flexibility index (Phi) is 4.39. The molecule has 1 unspecified atom stereocenters. The van der Waals surface area contributed by atoms with E-state index in [1.54, 1.807) is 0 Å². The first-order chi connectivity index (χ1) is 10.2. The number of hydrogen-bond donors (Lipinski definition) is 2. The first kappa shape index (κ1) is 14.3. The van der Waals surface area contributed by atoms with E-state index in [-0.39, 0.29) is 11.9 Å². The highest BCUT2D eigenvalue weighted by Crippen LogP contribution is 2.26. The second kappa shape index (κ2) is 6.43. The van der Waals surface area contributed by atoms with Crippen molar-refractivity contribution < 1.29 is 9.47 Å². The molecule has 0 bridgehead atoms. The summed E-state index contributed by atoms with van der Waals surface area (Å²) in [6, 6.07) is 1.99. The molecule has 1 aliphatic heterocycles. The molecule has 1 atom stereocenters. The molecule has 114 valence electrons. The van der Waals surface area contributed by atoms with Crippen LogP contribution in [0.3, 0.4) is 0 Å². The van der Waals surface area contributed by atoms with Crippen LogP contribution < -0.4 is 10.5 Å². The van der Waals surface area contributed by atoms with Crippen LogP contribution in [0.5, 0.6) is 5.88 Å². The van der Waals surface area contributed by atoms with Gasteiger partial charge < -0.3 is 15.2 Å². The number of nitrogens with two attached hydrogens (primary N) is 1. The van der Waals surface area contributed by atoms with Gasteiger partial charge in [-0.25, -0.2) is 4.98 Å². The van der Waals surface area contributed by atoms with E-state index in [1.807, 2.05) is 6.07 Å². The Balaban J connectivity index is 1.77. The normalized spacial score (nSPS) is 21.6. The van der Waals surface area contributed by atoms with Crippen LogP contribution >= 0.6 is 0 Å². The lowest BCUT2D eigenvalue weighted by Gasteiger charge is -2.24. The maximum atomic E-state index is 7.74. The van der Waals surface area contributed by atoms with Gasteiger partial charge in [-0.05, 0) is 56.6 Å². The molecule has 0 spiro atoms. The minimum Gasteiger partial charge on any atom is -0.474 e. The molecular weight excluding hydrogens is 266 g/mol. The number of nitrogens with one attached hydrogen (secondary N) is 1. The van der Waals surface area contributed by atoms with Crippen LogP contribution in [-0.2, 0) is 17.6 Å². The minimum absolute atomic E-state index is 0.0236. The molecule has 0 amide bonds. The monoisotopic (exact) mass is 289 g/mol. The molecule has 2 heterocycles. The lowest BCUT2D eigenvalue weighted by Crippen LogP contribution is -2.27. The van der Waals surface area contributed by atoms with Crippen molar-refractivity contribution in [2.24, 2.45) is 5.73 Å². The van der Waals surface area contributed by atoms with Gasteiger partial charge >= 0.3 is 0 Å². The van der Waals surface area contributed by atoms with Gasteiger partial charge in [-0.3, -0.25) is 5.41 Å². The predicted molar refractivity (Wildman–Crippen MR) is 81.0 cm³/mol. The quantitative estimate of drug-likeness (QED) is 0.657. The third-order valence-electron chi connectivity index (χ3n) is 4.24. The fraction of sp³-hybridized carbons (Fsp3) is 0.625. The van der Waals surface area contributed by atoms with Gasteiger partial charge in [0.15, 0.2) is 0 Å². The smallest absolute Gasteiger partial charge is 0.224 e. The fourth-order valence-electron chi connectivity index (χ4n) is 3.03. The molecule has 0 saturated carbocycles. The Bertz CT molecular complexity index is 524. The molecule has 1 aromatic heterocycles. The highest BCUT2D eigenvalue weighted by Gasteiger charge is 2.20. The van der Waals surface area contributed by atoms with Crippen molar-refractivity contribution >= 4 is 5.84 Å². The van der Waals surface area contributed by atoms with Gasteiger partial charge in [-0.2, -0.15) is 0 Å². The summed E-state index contributed by atoms with van der Waals surface area (Å²) >= 11 is 0. The highest BCUT2D eigenvalue weighted by atomic mass is 16.5. The third-order valence-corrected chi connectivity index (χ3v) is 4.24.